The standard InChI is InChI=1S/C6H12ClF2NO2S/c1-5(3-7)13(11,12)10(2)4-6(8)9/h5-6H,3-4H2,1-2H3. The third kappa shape index (κ3) is 3.74. The number of nitrogens with zero attached hydrogens (tertiary/aromatic N) is 1. The maximum absolute atomic E-state index is 11.8. The minimum atomic E-state index is -3.66. The van der Waals surface area contributed by atoms with Crippen LogP contribution in [-0.4, -0.2) is 43.9 Å². The summed E-state index contributed by atoms with van der Waals surface area (Å²) in [5, 5.41) is -0.835. The molecule has 0 saturated carbocycles. The predicted octanol–water partition coefficient (Wildman–Crippen LogP) is 1.14. The summed E-state index contributed by atoms with van der Waals surface area (Å²) < 4.78 is 46.9. The van der Waals surface area contributed by atoms with Crippen molar-refractivity contribution in [1.82, 2.24) is 4.31 Å². The van der Waals surface area contributed by atoms with Crippen LogP contribution in [0.4, 0.5) is 8.78 Å². The Hall–Kier alpha value is 0.0600. The van der Waals surface area contributed by atoms with Gasteiger partial charge < -0.3 is 0 Å². The summed E-state index contributed by atoms with van der Waals surface area (Å²) in [6.45, 7) is 0.591. The molecule has 0 amide bonds. The van der Waals surface area contributed by atoms with Crippen molar-refractivity contribution in [3.8, 4) is 0 Å². The zero-order chi connectivity index (χ0) is 10.6. The average molecular weight is 236 g/mol. The molecule has 3 nitrogen and oxygen atoms in total. The van der Waals surface area contributed by atoms with Crippen LogP contribution in [0.15, 0.2) is 0 Å². The molecule has 0 aliphatic rings. The number of halogens is 3. The van der Waals surface area contributed by atoms with E-state index in [9.17, 15) is 17.2 Å². The van der Waals surface area contributed by atoms with Crippen LogP contribution in [0.3, 0.4) is 0 Å². The molecule has 0 aromatic rings. The lowest BCUT2D eigenvalue weighted by molar-refractivity contribution is 0.126. The Morgan fingerprint density at radius 2 is 1.92 bits per heavy atom. The molecule has 0 bridgehead atoms. The number of alkyl halides is 3. The zero-order valence-corrected chi connectivity index (χ0v) is 8.95. The summed E-state index contributed by atoms with van der Waals surface area (Å²) in [7, 11) is -2.55. The molecule has 0 rings (SSSR count). The first-order chi connectivity index (χ1) is 5.82. The van der Waals surface area contributed by atoms with E-state index in [-0.39, 0.29) is 5.88 Å². The third-order valence-corrected chi connectivity index (χ3v) is 4.40. The summed E-state index contributed by atoms with van der Waals surface area (Å²) >= 11 is 5.32. The minimum absolute atomic E-state index is 0.101. The van der Waals surface area contributed by atoms with Gasteiger partial charge in [0.15, 0.2) is 0 Å². The van der Waals surface area contributed by atoms with Gasteiger partial charge in [-0.15, -0.1) is 11.6 Å². The van der Waals surface area contributed by atoms with Gasteiger partial charge in [-0.3, -0.25) is 0 Å². The lowest BCUT2D eigenvalue weighted by Gasteiger charge is -2.19. The Balaban J connectivity index is 4.46. The highest BCUT2D eigenvalue weighted by molar-refractivity contribution is 7.89. The van der Waals surface area contributed by atoms with E-state index in [4.69, 9.17) is 11.6 Å². The van der Waals surface area contributed by atoms with Crippen molar-refractivity contribution >= 4 is 21.6 Å². The van der Waals surface area contributed by atoms with Gasteiger partial charge in [-0.25, -0.2) is 17.2 Å². The smallest absolute Gasteiger partial charge is 0.212 e. The second kappa shape index (κ2) is 5.07. The molecule has 0 aliphatic carbocycles. The van der Waals surface area contributed by atoms with Crippen molar-refractivity contribution in [2.45, 2.75) is 18.6 Å². The van der Waals surface area contributed by atoms with Crippen LogP contribution in [0.2, 0.25) is 0 Å². The Morgan fingerprint density at radius 3 is 2.23 bits per heavy atom. The fourth-order valence-corrected chi connectivity index (χ4v) is 2.26. The molecule has 0 aliphatic heterocycles. The van der Waals surface area contributed by atoms with E-state index in [1.54, 1.807) is 0 Å². The van der Waals surface area contributed by atoms with Gasteiger partial charge in [0, 0.05) is 12.9 Å². The van der Waals surface area contributed by atoms with Gasteiger partial charge in [0.05, 0.1) is 11.8 Å². The molecule has 7 heteroatoms. The van der Waals surface area contributed by atoms with Crippen molar-refractivity contribution in [2.75, 3.05) is 19.5 Å². The summed E-state index contributed by atoms with van der Waals surface area (Å²) in [5.74, 6) is -0.101. The van der Waals surface area contributed by atoms with Crippen molar-refractivity contribution in [3.63, 3.8) is 0 Å². The van der Waals surface area contributed by atoms with Gasteiger partial charge in [-0.1, -0.05) is 0 Å². The predicted molar refractivity (Wildman–Crippen MR) is 47.7 cm³/mol. The first-order valence-corrected chi connectivity index (χ1v) is 5.65. The Labute approximate surface area is 81.7 Å². The molecule has 0 fully saturated rings. The van der Waals surface area contributed by atoms with Gasteiger partial charge in [0.1, 0.15) is 0 Å². The maximum Gasteiger partial charge on any atom is 0.252 e. The first-order valence-electron chi connectivity index (χ1n) is 3.61. The molecular weight excluding hydrogens is 224 g/mol. The van der Waals surface area contributed by atoms with Gasteiger partial charge >= 0.3 is 0 Å². The third-order valence-electron chi connectivity index (χ3n) is 1.56. The van der Waals surface area contributed by atoms with Gasteiger partial charge in [-0.2, -0.15) is 4.31 Å². The van der Waals surface area contributed by atoms with Crippen LogP contribution in [0.5, 0.6) is 0 Å². The molecule has 0 heterocycles. The summed E-state index contributed by atoms with van der Waals surface area (Å²) in [5.41, 5.74) is 0. The lowest BCUT2D eigenvalue weighted by Crippen LogP contribution is -2.38. The SMILES string of the molecule is CC(CCl)S(=O)(=O)N(C)CC(F)F. The Morgan fingerprint density at radius 1 is 1.46 bits per heavy atom. The molecule has 0 spiro atoms. The maximum atomic E-state index is 11.8. The van der Waals surface area contributed by atoms with E-state index >= 15 is 0 Å². The molecule has 13 heavy (non-hydrogen) atoms. The zero-order valence-electron chi connectivity index (χ0n) is 7.37. The highest BCUT2D eigenvalue weighted by Gasteiger charge is 2.26. The van der Waals surface area contributed by atoms with Crippen LogP contribution in [-0.2, 0) is 10.0 Å². The first kappa shape index (κ1) is 13.1. The fraction of sp³-hybridized carbons (Fsp3) is 1.00. The van der Waals surface area contributed by atoms with E-state index in [2.05, 4.69) is 0 Å². The number of hydrogen-bond donors (Lipinski definition) is 0. The molecule has 0 aromatic carbocycles. The van der Waals surface area contributed by atoms with Crippen molar-refractivity contribution in [3.05, 3.63) is 0 Å². The van der Waals surface area contributed by atoms with Gasteiger partial charge in [0.2, 0.25) is 10.0 Å². The van der Waals surface area contributed by atoms with E-state index < -0.39 is 28.2 Å². The second-order valence-electron chi connectivity index (χ2n) is 2.68. The van der Waals surface area contributed by atoms with Crippen LogP contribution in [0.25, 0.3) is 0 Å². The molecule has 80 valence electrons. The molecule has 1 atom stereocenters. The Kier molecular flexibility index (Phi) is 5.09. The summed E-state index contributed by atoms with van der Waals surface area (Å²) in [6, 6.07) is 0. The van der Waals surface area contributed by atoms with Crippen LogP contribution < -0.4 is 0 Å². The van der Waals surface area contributed by atoms with Crippen LogP contribution in [0.1, 0.15) is 6.92 Å². The minimum Gasteiger partial charge on any atom is -0.212 e. The molecule has 0 saturated heterocycles. The quantitative estimate of drug-likeness (QED) is 0.671. The lowest BCUT2D eigenvalue weighted by atomic mass is 10.6. The van der Waals surface area contributed by atoms with Gasteiger partial charge in [0.25, 0.3) is 6.43 Å². The van der Waals surface area contributed by atoms with E-state index in [1.165, 1.54) is 6.92 Å². The summed E-state index contributed by atoms with van der Waals surface area (Å²) in [6.07, 6.45) is -2.66. The number of sulfonamides is 1. The van der Waals surface area contributed by atoms with Gasteiger partial charge in [-0.05, 0) is 6.92 Å². The molecule has 0 aromatic heterocycles. The molecule has 1 unspecified atom stereocenters. The average Bonchev–Trinajstić information content (AvgIpc) is 2.01. The van der Waals surface area contributed by atoms with E-state index in [0.717, 1.165) is 7.05 Å². The number of rotatable bonds is 5. The highest BCUT2D eigenvalue weighted by atomic mass is 35.5. The largest absolute Gasteiger partial charge is 0.252 e. The Bertz CT molecular complexity index is 245. The number of hydrogen-bond acceptors (Lipinski definition) is 2. The van der Waals surface area contributed by atoms with Crippen molar-refractivity contribution < 1.29 is 17.2 Å². The van der Waals surface area contributed by atoms with Crippen LogP contribution >= 0.6 is 11.6 Å². The fourth-order valence-electron chi connectivity index (χ4n) is 0.685. The normalized spacial score (nSPS) is 15.3. The molecule has 0 radical (unpaired) electrons. The van der Waals surface area contributed by atoms with E-state index in [1.807, 2.05) is 0 Å². The van der Waals surface area contributed by atoms with Crippen LogP contribution in [0, 0.1) is 0 Å². The van der Waals surface area contributed by atoms with E-state index in [0.29, 0.717) is 4.31 Å². The molecular formula is C6H12ClF2NO2S. The second-order valence-corrected chi connectivity index (χ2v) is 5.45. The molecule has 0 N–H and O–H groups in total. The summed E-state index contributed by atoms with van der Waals surface area (Å²) in [4.78, 5) is 0. The monoisotopic (exact) mass is 235 g/mol. The van der Waals surface area contributed by atoms with Crippen molar-refractivity contribution in [1.29, 1.82) is 0 Å². The van der Waals surface area contributed by atoms with Crippen molar-refractivity contribution in [2.24, 2.45) is 0 Å². The topological polar surface area (TPSA) is 37.4 Å². The highest BCUT2D eigenvalue weighted by Crippen LogP contribution is 2.10.